The largest absolute Gasteiger partial charge is 0.339 e. The maximum atomic E-state index is 5.55. The van der Waals surface area contributed by atoms with E-state index in [9.17, 15) is 0 Å². The Morgan fingerprint density at radius 2 is 2.24 bits per heavy atom. The molecule has 1 saturated carbocycles. The molecule has 2 unspecified atom stereocenters. The van der Waals surface area contributed by atoms with Gasteiger partial charge in [-0.2, -0.15) is 4.98 Å². The van der Waals surface area contributed by atoms with Gasteiger partial charge >= 0.3 is 0 Å². The second-order valence-electron chi connectivity index (χ2n) is 5.92. The molecule has 4 heteroatoms. The van der Waals surface area contributed by atoms with Crippen LogP contribution in [0, 0.1) is 6.92 Å². The first-order valence-corrected chi connectivity index (χ1v) is 7.92. The molecule has 21 heavy (non-hydrogen) atoms. The van der Waals surface area contributed by atoms with Gasteiger partial charge in [-0.1, -0.05) is 42.3 Å². The van der Waals surface area contributed by atoms with Crippen LogP contribution < -0.4 is 5.32 Å². The predicted octanol–water partition coefficient (Wildman–Crippen LogP) is 3.68. The van der Waals surface area contributed by atoms with E-state index in [0.29, 0.717) is 17.8 Å². The highest BCUT2D eigenvalue weighted by Crippen LogP contribution is 2.34. The SMILES string of the molecule is CCCNC1CCCC1c1nc(-c2cccc(C)c2)no1. The lowest BCUT2D eigenvalue weighted by Gasteiger charge is -2.17. The molecule has 1 aliphatic carbocycles. The van der Waals surface area contributed by atoms with E-state index < -0.39 is 0 Å². The summed E-state index contributed by atoms with van der Waals surface area (Å²) >= 11 is 0. The number of rotatable bonds is 5. The van der Waals surface area contributed by atoms with Crippen LogP contribution in [0.15, 0.2) is 28.8 Å². The average molecular weight is 285 g/mol. The molecule has 0 bridgehead atoms. The number of hydrogen-bond acceptors (Lipinski definition) is 4. The standard InChI is InChI=1S/C17H23N3O/c1-3-10-18-15-9-5-8-14(15)17-19-16(20-21-17)13-7-4-6-12(2)11-13/h4,6-7,11,14-15,18H,3,5,8-10H2,1-2H3. The molecular formula is C17H23N3O. The van der Waals surface area contributed by atoms with Gasteiger partial charge in [0, 0.05) is 11.6 Å². The summed E-state index contributed by atoms with van der Waals surface area (Å²) in [6.07, 6.45) is 4.72. The van der Waals surface area contributed by atoms with Crippen molar-refractivity contribution in [2.24, 2.45) is 0 Å². The highest BCUT2D eigenvalue weighted by molar-refractivity contribution is 5.55. The Kier molecular flexibility index (Phi) is 4.34. The van der Waals surface area contributed by atoms with E-state index >= 15 is 0 Å². The fourth-order valence-corrected chi connectivity index (χ4v) is 3.12. The van der Waals surface area contributed by atoms with Gasteiger partial charge in [0.1, 0.15) is 0 Å². The van der Waals surface area contributed by atoms with E-state index in [1.165, 1.54) is 18.4 Å². The Balaban J connectivity index is 1.78. The molecule has 0 aliphatic heterocycles. The number of nitrogens with one attached hydrogen (secondary N) is 1. The fourth-order valence-electron chi connectivity index (χ4n) is 3.12. The lowest BCUT2D eigenvalue weighted by Crippen LogP contribution is -2.31. The van der Waals surface area contributed by atoms with E-state index in [-0.39, 0.29) is 0 Å². The summed E-state index contributed by atoms with van der Waals surface area (Å²) in [7, 11) is 0. The third kappa shape index (κ3) is 3.16. The van der Waals surface area contributed by atoms with Gasteiger partial charge in [-0.3, -0.25) is 0 Å². The minimum atomic E-state index is 0.364. The highest BCUT2D eigenvalue weighted by Gasteiger charge is 2.32. The first-order chi connectivity index (χ1) is 10.3. The Morgan fingerprint density at radius 1 is 1.33 bits per heavy atom. The second kappa shape index (κ2) is 6.39. The summed E-state index contributed by atoms with van der Waals surface area (Å²) in [5.74, 6) is 1.86. The van der Waals surface area contributed by atoms with Gasteiger partial charge in [0.15, 0.2) is 0 Å². The van der Waals surface area contributed by atoms with Crippen molar-refractivity contribution >= 4 is 0 Å². The zero-order chi connectivity index (χ0) is 14.7. The van der Waals surface area contributed by atoms with E-state index in [1.54, 1.807) is 0 Å². The maximum absolute atomic E-state index is 5.55. The van der Waals surface area contributed by atoms with Crippen LogP contribution in [0.5, 0.6) is 0 Å². The summed E-state index contributed by atoms with van der Waals surface area (Å²) in [5.41, 5.74) is 2.24. The van der Waals surface area contributed by atoms with Gasteiger partial charge in [0.2, 0.25) is 11.7 Å². The van der Waals surface area contributed by atoms with Crippen molar-refractivity contribution in [3.8, 4) is 11.4 Å². The van der Waals surface area contributed by atoms with Gasteiger partial charge in [0.25, 0.3) is 0 Å². The maximum Gasteiger partial charge on any atom is 0.231 e. The molecule has 2 aromatic rings. The molecule has 112 valence electrons. The molecule has 1 aromatic heterocycles. The lowest BCUT2D eigenvalue weighted by atomic mass is 10.0. The molecule has 4 nitrogen and oxygen atoms in total. The molecule has 0 spiro atoms. The Labute approximate surface area is 126 Å². The number of aryl methyl sites for hydroxylation is 1. The Bertz CT molecular complexity index is 593. The van der Waals surface area contributed by atoms with Crippen molar-refractivity contribution in [2.45, 2.75) is 51.5 Å². The van der Waals surface area contributed by atoms with E-state index in [0.717, 1.165) is 30.8 Å². The number of benzene rings is 1. The predicted molar refractivity (Wildman–Crippen MR) is 83.1 cm³/mol. The fraction of sp³-hybridized carbons (Fsp3) is 0.529. The van der Waals surface area contributed by atoms with E-state index in [1.807, 2.05) is 12.1 Å². The van der Waals surface area contributed by atoms with Gasteiger partial charge in [-0.05, 0) is 38.8 Å². The number of nitrogens with zero attached hydrogens (tertiary/aromatic N) is 2. The molecule has 1 heterocycles. The van der Waals surface area contributed by atoms with Crippen molar-refractivity contribution in [1.82, 2.24) is 15.5 Å². The molecule has 1 aromatic carbocycles. The zero-order valence-electron chi connectivity index (χ0n) is 12.8. The summed E-state index contributed by atoms with van der Waals surface area (Å²) in [4.78, 5) is 4.64. The Morgan fingerprint density at radius 3 is 3.05 bits per heavy atom. The molecule has 1 aliphatic rings. The van der Waals surface area contributed by atoms with Crippen LogP contribution in [-0.2, 0) is 0 Å². The molecule has 1 fully saturated rings. The molecule has 0 saturated heterocycles. The summed E-state index contributed by atoms with van der Waals surface area (Å²) < 4.78 is 5.55. The van der Waals surface area contributed by atoms with Gasteiger partial charge in [-0.15, -0.1) is 0 Å². The minimum Gasteiger partial charge on any atom is -0.339 e. The minimum absolute atomic E-state index is 0.364. The molecule has 2 atom stereocenters. The molecule has 0 radical (unpaired) electrons. The smallest absolute Gasteiger partial charge is 0.231 e. The summed E-state index contributed by atoms with van der Waals surface area (Å²) in [5, 5.41) is 7.78. The third-order valence-electron chi connectivity index (χ3n) is 4.21. The van der Waals surface area contributed by atoms with Crippen LogP contribution >= 0.6 is 0 Å². The van der Waals surface area contributed by atoms with Gasteiger partial charge in [0.05, 0.1) is 5.92 Å². The first-order valence-electron chi connectivity index (χ1n) is 7.92. The van der Waals surface area contributed by atoms with Crippen molar-refractivity contribution in [3.05, 3.63) is 35.7 Å². The van der Waals surface area contributed by atoms with Crippen LogP contribution in [0.2, 0.25) is 0 Å². The summed E-state index contributed by atoms with van der Waals surface area (Å²) in [6.45, 7) is 5.33. The van der Waals surface area contributed by atoms with Crippen molar-refractivity contribution < 1.29 is 4.52 Å². The second-order valence-corrected chi connectivity index (χ2v) is 5.92. The third-order valence-corrected chi connectivity index (χ3v) is 4.21. The average Bonchev–Trinajstić information content (AvgIpc) is 3.13. The van der Waals surface area contributed by atoms with Crippen LogP contribution in [0.4, 0.5) is 0 Å². The molecule has 1 N–H and O–H groups in total. The van der Waals surface area contributed by atoms with Crippen LogP contribution in [0.25, 0.3) is 11.4 Å². The van der Waals surface area contributed by atoms with E-state index in [4.69, 9.17) is 4.52 Å². The summed E-state index contributed by atoms with van der Waals surface area (Å²) in [6, 6.07) is 8.71. The van der Waals surface area contributed by atoms with E-state index in [2.05, 4.69) is 41.4 Å². The monoisotopic (exact) mass is 285 g/mol. The molecule has 3 rings (SSSR count). The van der Waals surface area contributed by atoms with Crippen molar-refractivity contribution in [2.75, 3.05) is 6.54 Å². The molecule has 0 amide bonds. The zero-order valence-corrected chi connectivity index (χ0v) is 12.8. The lowest BCUT2D eigenvalue weighted by molar-refractivity contribution is 0.330. The topological polar surface area (TPSA) is 51.0 Å². The Hall–Kier alpha value is -1.68. The first kappa shape index (κ1) is 14.3. The van der Waals surface area contributed by atoms with Gasteiger partial charge < -0.3 is 9.84 Å². The van der Waals surface area contributed by atoms with Crippen LogP contribution in [0.3, 0.4) is 0 Å². The molecular weight excluding hydrogens is 262 g/mol. The number of hydrogen-bond donors (Lipinski definition) is 1. The van der Waals surface area contributed by atoms with Crippen molar-refractivity contribution in [3.63, 3.8) is 0 Å². The quantitative estimate of drug-likeness (QED) is 0.910. The van der Waals surface area contributed by atoms with Gasteiger partial charge in [-0.25, -0.2) is 0 Å². The van der Waals surface area contributed by atoms with Crippen LogP contribution in [0.1, 0.15) is 50.0 Å². The number of aromatic nitrogens is 2. The van der Waals surface area contributed by atoms with Crippen molar-refractivity contribution in [1.29, 1.82) is 0 Å². The normalized spacial score (nSPS) is 21.8. The highest BCUT2D eigenvalue weighted by atomic mass is 16.5. The van der Waals surface area contributed by atoms with Crippen LogP contribution in [-0.4, -0.2) is 22.7 Å².